The van der Waals surface area contributed by atoms with Crippen LogP contribution in [0.2, 0.25) is 0 Å². The fourth-order valence-corrected chi connectivity index (χ4v) is 1.54. The van der Waals surface area contributed by atoms with Gasteiger partial charge in [-0.3, -0.25) is 4.79 Å². The van der Waals surface area contributed by atoms with Crippen LogP contribution >= 0.6 is 0 Å². The highest BCUT2D eigenvalue weighted by Gasteiger charge is 2.11. The van der Waals surface area contributed by atoms with Crippen LogP contribution in [0.15, 0.2) is 24.3 Å². The lowest BCUT2D eigenvalue weighted by Crippen LogP contribution is -2.26. The van der Waals surface area contributed by atoms with Crippen LogP contribution in [0.1, 0.15) is 0 Å². The van der Waals surface area contributed by atoms with Crippen LogP contribution in [0.5, 0.6) is 0 Å². The number of carbonyl (C=O) groups excluding carboxylic acids is 1. The SMILES string of the molecule is CN(C)C(=O)Cn1c(N)nc2ccccc21. The number of hydrogen-bond donors (Lipinski definition) is 1. The highest BCUT2D eigenvalue weighted by Crippen LogP contribution is 2.17. The van der Waals surface area contributed by atoms with E-state index < -0.39 is 0 Å². The van der Waals surface area contributed by atoms with Crippen molar-refractivity contribution in [3.05, 3.63) is 24.3 Å². The summed E-state index contributed by atoms with van der Waals surface area (Å²) in [5, 5.41) is 0. The van der Waals surface area contributed by atoms with Gasteiger partial charge in [-0.05, 0) is 12.1 Å². The fraction of sp³-hybridized carbons (Fsp3) is 0.273. The minimum Gasteiger partial charge on any atom is -0.369 e. The molecule has 0 saturated carbocycles. The van der Waals surface area contributed by atoms with Crippen LogP contribution in [0, 0.1) is 0 Å². The zero-order chi connectivity index (χ0) is 11.7. The molecule has 0 saturated heterocycles. The third-order valence-corrected chi connectivity index (χ3v) is 2.48. The Morgan fingerprint density at radius 1 is 1.44 bits per heavy atom. The van der Waals surface area contributed by atoms with Gasteiger partial charge >= 0.3 is 0 Å². The largest absolute Gasteiger partial charge is 0.369 e. The second-order valence-electron chi connectivity index (χ2n) is 3.83. The Bertz CT molecular complexity index is 530. The van der Waals surface area contributed by atoms with Gasteiger partial charge in [-0.2, -0.15) is 0 Å². The molecular formula is C11H14N4O. The van der Waals surface area contributed by atoms with Crippen molar-refractivity contribution in [1.29, 1.82) is 0 Å². The van der Waals surface area contributed by atoms with Gasteiger partial charge in [0.25, 0.3) is 0 Å². The quantitative estimate of drug-likeness (QED) is 0.807. The molecule has 0 spiro atoms. The van der Waals surface area contributed by atoms with Crippen molar-refractivity contribution in [3.8, 4) is 0 Å². The first-order chi connectivity index (χ1) is 7.59. The number of carbonyl (C=O) groups is 1. The number of nitrogens with two attached hydrogens (primary N) is 1. The number of rotatable bonds is 2. The van der Waals surface area contributed by atoms with E-state index in [0.29, 0.717) is 5.95 Å². The Hall–Kier alpha value is -2.04. The molecule has 0 aliphatic heterocycles. The predicted octanol–water partition coefficient (Wildman–Crippen LogP) is 0.707. The maximum absolute atomic E-state index is 11.6. The maximum Gasteiger partial charge on any atom is 0.242 e. The molecule has 16 heavy (non-hydrogen) atoms. The van der Waals surface area contributed by atoms with Gasteiger partial charge in [-0.15, -0.1) is 0 Å². The first kappa shape index (κ1) is 10.5. The normalized spacial score (nSPS) is 10.6. The van der Waals surface area contributed by atoms with Crippen LogP contribution in [0.3, 0.4) is 0 Å². The van der Waals surface area contributed by atoms with E-state index in [1.807, 2.05) is 24.3 Å². The molecule has 1 aromatic heterocycles. The van der Waals surface area contributed by atoms with E-state index in [1.165, 1.54) is 4.90 Å². The number of imidazole rings is 1. The zero-order valence-corrected chi connectivity index (χ0v) is 9.34. The van der Waals surface area contributed by atoms with Crippen molar-refractivity contribution in [3.63, 3.8) is 0 Å². The molecule has 2 aromatic rings. The fourth-order valence-electron chi connectivity index (χ4n) is 1.54. The third kappa shape index (κ3) is 1.71. The van der Waals surface area contributed by atoms with Gasteiger partial charge in [-0.1, -0.05) is 12.1 Å². The standard InChI is InChI=1S/C11H14N4O/c1-14(2)10(16)7-15-9-6-4-3-5-8(9)13-11(15)12/h3-6H,7H2,1-2H3,(H2,12,13). The highest BCUT2D eigenvalue weighted by molar-refractivity contribution is 5.82. The second kappa shape index (κ2) is 3.84. The smallest absolute Gasteiger partial charge is 0.242 e. The van der Waals surface area contributed by atoms with Gasteiger partial charge in [0.2, 0.25) is 11.9 Å². The van der Waals surface area contributed by atoms with Crippen molar-refractivity contribution in [2.45, 2.75) is 6.54 Å². The minimum absolute atomic E-state index is 0.00477. The molecular weight excluding hydrogens is 204 g/mol. The molecule has 1 amide bonds. The summed E-state index contributed by atoms with van der Waals surface area (Å²) in [6, 6.07) is 7.58. The number of fused-ring (bicyclic) bond motifs is 1. The monoisotopic (exact) mass is 218 g/mol. The molecule has 5 nitrogen and oxygen atoms in total. The summed E-state index contributed by atoms with van der Waals surface area (Å²) >= 11 is 0. The van der Waals surface area contributed by atoms with Gasteiger partial charge in [0.15, 0.2) is 0 Å². The number of para-hydroxylation sites is 2. The lowest BCUT2D eigenvalue weighted by molar-refractivity contribution is -0.129. The zero-order valence-electron chi connectivity index (χ0n) is 9.34. The van der Waals surface area contributed by atoms with E-state index in [0.717, 1.165) is 11.0 Å². The Labute approximate surface area is 93.5 Å². The van der Waals surface area contributed by atoms with E-state index in [2.05, 4.69) is 4.98 Å². The summed E-state index contributed by atoms with van der Waals surface area (Å²) in [4.78, 5) is 17.4. The number of nitrogens with zero attached hydrogens (tertiary/aromatic N) is 3. The molecule has 0 aliphatic rings. The van der Waals surface area contributed by atoms with Gasteiger partial charge in [0, 0.05) is 14.1 Å². The average Bonchev–Trinajstić information content (AvgIpc) is 2.55. The Kier molecular flexibility index (Phi) is 2.52. The molecule has 5 heteroatoms. The number of amides is 1. The van der Waals surface area contributed by atoms with Gasteiger partial charge < -0.3 is 15.2 Å². The van der Waals surface area contributed by atoms with Crippen LogP contribution in [-0.4, -0.2) is 34.5 Å². The molecule has 0 fully saturated rings. The molecule has 2 N–H and O–H groups in total. The van der Waals surface area contributed by atoms with Crippen molar-refractivity contribution in [2.75, 3.05) is 19.8 Å². The van der Waals surface area contributed by atoms with E-state index >= 15 is 0 Å². The second-order valence-corrected chi connectivity index (χ2v) is 3.83. The average molecular weight is 218 g/mol. The van der Waals surface area contributed by atoms with Crippen LogP contribution < -0.4 is 5.73 Å². The van der Waals surface area contributed by atoms with Crippen LogP contribution in [0.25, 0.3) is 11.0 Å². The predicted molar refractivity (Wildman–Crippen MR) is 62.8 cm³/mol. The number of likely N-dealkylation sites (N-methyl/N-ethyl adjacent to an activating group) is 1. The summed E-state index contributed by atoms with van der Waals surface area (Å²) in [6.07, 6.45) is 0. The summed E-state index contributed by atoms with van der Waals surface area (Å²) < 4.78 is 1.72. The summed E-state index contributed by atoms with van der Waals surface area (Å²) in [7, 11) is 3.44. The van der Waals surface area contributed by atoms with Crippen molar-refractivity contribution in [2.24, 2.45) is 0 Å². The first-order valence-electron chi connectivity index (χ1n) is 5.00. The lowest BCUT2D eigenvalue weighted by atomic mass is 10.3. The van der Waals surface area contributed by atoms with Crippen LogP contribution in [-0.2, 0) is 11.3 Å². The molecule has 0 atom stereocenters. The maximum atomic E-state index is 11.6. The van der Waals surface area contributed by atoms with Gasteiger partial charge in [-0.25, -0.2) is 4.98 Å². The van der Waals surface area contributed by atoms with Crippen molar-refractivity contribution < 1.29 is 4.79 Å². The molecule has 0 aliphatic carbocycles. The summed E-state index contributed by atoms with van der Waals surface area (Å²) in [5.74, 6) is 0.367. The topological polar surface area (TPSA) is 64.2 Å². The van der Waals surface area contributed by atoms with E-state index in [4.69, 9.17) is 5.73 Å². The number of benzene rings is 1. The highest BCUT2D eigenvalue weighted by atomic mass is 16.2. The summed E-state index contributed by atoms with van der Waals surface area (Å²) in [5.41, 5.74) is 7.48. The number of aromatic nitrogens is 2. The number of anilines is 1. The Balaban J connectivity index is 2.44. The van der Waals surface area contributed by atoms with E-state index in [1.54, 1.807) is 18.7 Å². The lowest BCUT2D eigenvalue weighted by Gasteiger charge is -2.11. The molecule has 84 valence electrons. The number of nitrogen functional groups attached to an aromatic ring is 1. The molecule has 1 aromatic carbocycles. The molecule has 0 bridgehead atoms. The van der Waals surface area contributed by atoms with Crippen molar-refractivity contribution in [1.82, 2.24) is 14.5 Å². The van der Waals surface area contributed by atoms with Crippen molar-refractivity contribution >= 4 is 22.9 Å². The molecule has 0 radical (unpaired) electrons. The van der Waals surface area contributed by atoms with Crippen LogP contribution in [0.4, 0.5) is 5.95 Å². The van der Waals surface area contributed by atoms with Gasteiger partial charge in [0.1, 0.15) is 6.54 Å². The van der Waals surface area contributed by atoms with Gasteiger partial charge in [0.05, 0.1) is 11.0 Å². The van der Waals surface area contributed by atoms with E-state index in [-0.39, 0.29) is 12.5 Å². The Morgan fingerprint density at radius 2 is 2.12 bits per heavy atom. The molecule has 0 unspecified atom stereocenters. The molecule has 2 rings (SSSR count). The Morgan fingerprint density at radius 3 is 2.81 bits per heavy atom. The number of hydrogen-bond acceptors (Lipinski definition) is 3. The molecule has 1 heterocycles. The van der Waals surface area contributed by atoms with E-state index in [9.17, 15) is 4.79 Å². The third-order valence-electron chi connectivity index (χ3n) is 2.48. The summed E-state index contributed by atoms with van der Waals surface area (Å²) in [6.45, 7) is 0.222. The first-order valence-corrected chi connectivity index (χ1v) is 5.00. The minimum atomic E-state index is -0.00477.